The molecule has 1 aliphatic rings. The van der Waals surface area contributed by atoms with Gasteiger partial charge in [0.1, 0.15) is 5.75 Å². The fourth-order valence-corrected chi connectivity index (χ4v) is 5.26. The van der Waals surface area contributed by atoms with E-state index in [0.717, 1.165) is 22.3 Å². The molecule has 4 rings (SSSR count). The molecule has 0 saturated carbocycles. The van der Waals surface area contributed by atoms with Gasteiger partial charge in [-0.05, 0) is 79.4 Å². The van der Waals surface area contributed by atoms with Gasteiger partial charge in [-0.3, -0.25) is 4.79 Å². The van der Waals surface area contributed by atoms with Gasteiger partial charge in [0.15, 0.2) is 6.61 Å². The van der Waals surface area contributed by atoms with E-state index < -0.39 is 10.0 Å². The van der Waals surface area contributed by atoms with Gasteiger partial charge in [-0.1, -0.05) is 35.4 Å². The molecule has 0 fully saturated rings. The molecule has 1 aliphatic heterocycles. The van der Waals surface area contributed by atoms with Crippen LogP contribution in [0, 0.1) is 13.8 Å². The monoisotopic (exact) mass is 484 g/mol. The molecule has 0 saturated heterocycles. The summed E-state index contributed by atoms with van der Waals surface area (Å²) in [6.07, 6.45) is 0.619. The molecule has 6 nitrogen and oxygen atoms in total. The highest BCUT2D eigenvalue weighted by molar-refractivity contribution is 7.89. The maximum Gasteiger partial charge on any atom is 0.262 e. The summed E-state index contributed by atoms with van der Waals surface area (Å²) in [6, 6.07) is 17.7. The Morgan fingerprint density at radius 3 is 2.52 bits per heavy atom. The van der Waals surface area contributed by atoms with Crippen LogP contribution >= 0.6 is 11.6 Å². The Morgan fingerprint density at radius 2 is 1.79 bits per heavy atom. The van der Waals surface area contributed by atoms with Crippen LogP contribution in [0.5, 0.6) is 5.75 Å². The number of hydrogen-bond acceptors (Lipinski definition) is 4. The van der Waals surface area contributed by atoms with Crippen LogP contribution in [0.3, 0.4) is 0 Å². The Kier molecular flexibility index (Phi) is 6.74. The minimum atomic E-state index is -3.59. The number of benzene rings is 3. The van der Waals surface area contributed by atoms with Crippen molar-refractivity contribution in [1.82, 2.24) is 4.31 Å². The van der Waals surface area contributed by atoms with Gasteiger partial charge in [0.2, 0.25) is 10.0 Å². The molecule has 0 aromatic heterocycles. The predicted octanol–water partition coefficient (Wildman–Crippen LogP) is 4.72. The second-order valence-electron chi connectivity index (χ2n) is 8.13. The molecule has 3 aromatic rings. The molecule has 3 aromatic carbocycles. The lowest BCUT2D eigenvalue weighted by Gasteiger charge is -2.28. The minimum Gasteiger partial charge on any atom is -0.484 e. The normalized spacial score (nSPS) is 13.9. The summed E-state index contributed by atoms with van der Waals surface area (Å²) in [6.45, 7) is 4.32. The summed E-state index contributed by atoms with van der Waals surface area (Å²) in [5.41, 5.74) is 4.44. The minimum absolute atomic E-state index is 0.147. The topological polar surface area (TPSA) is 75.7 Å². The second-order valence-corrected chi connectivity index (χ2v) is 10.5. The standard InChI is InChI=1S/C25H25ClN2O4S/c1-17-3-8-23(9-4-17)33(30,31)28-12-11-19-5-6-21(14-20(19)15-28)27-25(29)16-32-22-7-10-24(26)18(2)13-22/h3-10,13-14H,11-12,15-16H2,1-2H3,(H,27,29). The first-order chi connectivity index (χ1) is 15.7. The van der Waals surface area contributed by atoms with Gasteiger partial charge in [-0.2, -0.15) is 4.31 Å². The van der Waals surface area contributed by atoms with Crippen LogP contribution in [0.2, 0.25) is 5.02 Å². The van der Waals surface area contributed by atoms with E-state index in [1.165, 1.54) is 4.31 Å². The Labute approximate surface area is 199 Å². The SMILES string of the molecule is Cc1ccc(S(=O)(=O)N2CCc3ccc(NC(=O)COc4ccc(Cl)c(C)c4)cc3C2)cc1. The molecule has 1 N–H and O–H groups in total. The van der Waals surface area contributed by atoms with Crippen molar-refractivity contribution in [1.29, 1.82) is 0 Å². The Balaban J connectivity index is 1.42. The fraction of sp³-hybridized carbons (Fsp3) is 0.240. The van der Waals surface area contributed by atoms with E-state index in [-0.39, 0.29) is 24.0 Å². The van der Waals surface area contributed by atoms with Crippen LogP contribution in [0.1, 0.15) is 22.3 Å². The molecule has 0 unspecified atom stereocenters. The van der Waals surface area contributed by atoms with Gasteiger partial charge in [0, 0.05) is 23.8 Å². The second kappa shape index (κ2) is 9.55. The van der Waals surface area contributed by atoms with Crippen LogP contribution < -0.4 is 10.1 Å². The first-order valence-electron chi connectivity index (χ1n) is 10.6. The van der Waals surface area contributed by atoms with Crippen LogP contribution in [-0.4, -0.2) is 31.8 Å². The van der Waals surface area contributed by atoms with Gasteiger partial charge in [-0.15, -0.1) is 0 Å². The van der Waals surface area contributed by atoms with Crippen LogP contribution in [0.15, 0.2) is 65.6 Å². The lowest BCUT2D eigenvalue weighted by Crippen LogP contribution is -2.36. The average molecular weight is 485 g/mol. The number of fused-ring (bicyclic) bond motifs is 1. The highest BCUT2D eigenvalue weighted by atomic mass is 35.5. The fourth-order valence-electron chi connectivity index (χ4n) is 3.73. The van der Waals surface area contributed by atoms with Gasteiger partial charge < -0.3 is 10.1 Å². The number of rotatable bonds is 6. The van der Waals surface area contributed by atoms with E-state index in [9.17, 15) is 13.2 Å². The zero-order valence-electron chi connectivity index (χ0n) is 18.5. The molecule has 8 heteroatoms. The van der Waals surface area contributed by atoms with Crippen molar-refractivity contribution < 1.29 is 17.9 Å². The number of carbonyl (C=O) groups excluding carboxylic acids is 1. The molecule has 0 bridgehead atoms. The number of hydrogen-bond donors (Lipinski definition) is 1. The maximum absolute atomic E-state index is 13.1. The molecule has 33 heavy (non-hydrogen) atoms. The number of aryl methyl sites for hydroxylation is 2. The lowest BCUT2D eigenvalue weighted by atomic mass is 10.0. The van der Waals surface area contributed by atoms with E-state index in [0.29, 0.717) is 29.4 Å². The molecule has 172 valence electrons. The molecule has 0 aliphatic carbocycles. The van der Waals surface area contributed by atoms with E-state index >= 15 is 0 Å². The van der Waals surface area contributed by atoms with Crippen molar-refractivity contribution in [3.63, 3.8) is 0 Å². The third-order valence-electron chi connectivity index (χ3n) is 5.63. The van der Waals surface area contributed by atoms with Crippen molar-refractivity contribution in [2.24, 2.45) is 0 Å². The van der Waals surface area contributed by atoms with Crippen LogP contribution in [-0.2, 0) is 27.8 Å². The molecule has 1 amide bonds. The molecule has 0 radical (unpaired) electrons. The van der Waals surface area contributed by atoms with Crippen molar-refractivity contribution in [2.45, 2.75) is 31.7 Å². The molecular weight excluding hydrogens is 460 g/mol. The van der Waals surface area contributed by atoms with E-state index in [1.807, 2.05) is 32.0 Å². The average Bonchev–Trinajstić information content (AvgIpc) is 2.79. The predicted molar refractivity (Wildman–Crippen MR) is 129 cm³/mol. The van der Waals surface area contributed by atoms with E-state index in [4.69, 9.17) is 16.3 Å². The first kappa shape index (κ1) is 23.3. The molecular formula is C25H25ClN2O4S. The Hall–Kier alpha value is -2.87. The van der Waals surface area contributed by atoms with Gasteiger partial charge in [0.05, 0.1) is 4.90 Å². The zero-order chi connectivity index (χ0) is 23.6. The van der Waals surface area contributed by atoms with Crippen molar-refractivity contribution in [3.05, 3.63) is 87.9 Å². The molecule has 1 heterocycles. The maximum atomic E-state index is 13.1. The number of sulfonamides is 1. The summed E-state index contributed by atoms with van der Waals surface area (Å²) < 4.78 is 33.2. The third kappa shape index (κ3) is 5.38. The molecule has 0 spiro atoms. The molecule has 0 atom stereocenters. The number of ether oxygens (including phenoxy) is 1. The van der Waals surface area contributed by atoms with Gasteiger partial charge in [0.25, 0.3) is 5.91 Å². The number of halogens is 1. The summed E-state index contributed by atoms with van der Waals surface area (Å²) in [4.78, 5) is 12.7. The highest BCUT2D eigenvalue weighted by Crippen LogP contribution is 2.27. The van der Waals surface area contributed by atoms with Crippen molar-refractivity contribution in [3.8, 4) is 5.75 Å². The Morgan fingerprint density at radius 1 is 1.03 bits per heavy atom. The number of anilines is 1. The third-order valence-corrected chi connectivity index (χ3v) is 7.91. The first-order valence-corrected chi connectivity index (χ1v) is 12.4. The van der Waals surface area contributed by atoms with E-state index in [2.05, 4.69) is 5.32 Å². The number of amides is 1. The number of nitrogens with one attached hydrogen (secondary N) is 1. The van der Waals surface area contributed by atoms with Gasteiger partial charge in [-0.25, -0.2) is 8.42 Å². The number of nitrogens with zero attached hydrogens (tertiary/aromatic N) is 1. The van der Waals surface area contributed by atoms with Crippen molar-refractivity contribution >= 4 is 33.2 Å². The van der Waals surface area contributed by atoms with Gasteiger partial charge >= 0.3 is 0 Å². The Bertz CT molecular complexity index is 1290. The van der Waals surface area contributed by atoms with Crippen molar-refractivity contribution in [2.75, 3.05) is 18.5 Å². The van der Waals surface area contributed by atoms with Crippen LogP contribution in [0.4, 0.5) is 5.69 Å². The lowest BCUT2D eigenvalue weighted by molar-refractivity contribution is -0.118. The smallest absolute Gasteiger partial charge is 0.262 e. The number of carbonyl (C=O) groups is 1. The summed E-state index contributed by atoms with van der Waals surface area (Å²) >= 11 is 6.01. The summed E-state index contributed by atoms with van der Waals surface area (Å²) in [5, 5.41) is 3.46. The highest BCUT2D eigenvalue weighted by Gasteiger charge is 2.28. The summed E-state index contributed by atoms with van der Waals surface area (Å²) in [5.74, 6) is 0.261. The van der Waals surface area contributed by atoms with E-state index in [1.54, 1.807) is 42.5 Å². The summed E-state index contributed by atoms with van der Waals surface area (Å²) in [7, 11) is -3.59. The van der Waals surface area contributed by atoms with Crippen LogP contribution in [0.25, 0.3) is 0 Å². The zero-order valence-corrected chi connectivity index (χ0v) is 20.0. The quantitative estimate of drug-likeness (QED) is 0.549. The largest absolute Gasteiger partial charge is 0.484 e.